The minimum absolute atomic E-state index is 0.149. The average Bonchev–Trinajstić information content (AvgIpc) is 2.98. The van der Waals surface area contributed by atoms with Crippen molar-refractivity contribution in [2.75, 3.05) is 13.2 Å². The molecule has 13 heteroatoms. The van der Waals surface area contributed by atoms with Gasteiger partial charge in [-0.15, -0.1) is 0 Å². The summed E-state index contributed by atoms with van der Waals surface area (Å²) in [7, 11) is 0. The molecule has 0 unspecified atom stereocenters. The van der Waals surface area contributed by atoms with Gasteiger partial charge in [0.2, 0.25) is 17.5 Å². The Kier molecular flexibility index (Phi) is 7.82. The second-order valence-electron chi connectivity index (χ2n) is 8.66. The number of benzene rings is 1. The number of aliphatic hydroxyl groups is 5. The number of hydrogen-bond acceptors (Lipinski definition) is 13. The minimum atomic E-state index is -1.32. The standard InChI is InChI=1S/C23H28O13/c24-7-14-19(29)11(27)5-17(34-14)36-23-12(28)6-16(35-15(23)8-25)33-13-4-9-2-1-3-10(26)20(30)18(9)22(32)21(13)31/h1-4,11-12,14-17,19,23-25,27-29,31-32H,5-8H2,(H,26,30)/t11-,12-,14-,15-,16-,17+,19-,23+/m1/s1. The molecule has 2 saturated heterocycles. The van der Waals surface area contributed by atoms with Crippen LogP contribution in [0.4, 0.5) is 0 Å². The van der Waals surface area contributed by atoms with E-state index in [4.69, 9.17) is 18.9 Å². The maximum absolute atomic E-state index is 12.3. The van der Waals surface area contributed by atoms with Crippen LogP contribution in [0.15, 0.2) is 29.1 Å². The molecule has 198 valence electrons. The molecule has 0 aliphatic carbocycles. The van der Waals surface area contributed by atoms with Crippen LogP contribution < -0.4 is 10.2 Å². The zero-order valence-corrected chi connectivity index (χ0v) is 18.9. The van der Waals surface area contributed by atoms with E-state index in [1.54, 1.807) is 0 Å². The summed E-state index contributed by atoms with van der Waals surface area (Å²) in [5, 5.41) is 80.0. The molecule has 2 aromatic rings. The Morgan fingerprint density at radius 2 is 1.56 bits per heavy atom. The summed E-state index contributed by atoms with van der Waals surface area (Å²) in [6.45, 7) is -1.19. The Balaban J connectivity index is 1.51. The topological polar surface area (TPSA) is 216 Å². The fourth-order valence-corrected chi connectivity index (χ4v) is 4.34. The summed E-state index contributed by atoms with van der Waals surface area (Å²) >= 11 is 0. The first-order valence-corrected chi connectivity index (χ1v) is 11.2. The van der Waals surface area contributed by atoms with E-state index in [1.165, 1.54) is 18.2 Å². The van der Waals surface area contributed by atoms with Gasteiger partial charge in [-0.2, -0.15) is 0 Å². The normalized spacial score (nSPS) is 32.9. The Hall–Kier alpha value is -2.75. The lowest BCUT2D eigenvalue weighted by Gasteiger charge is -2.42. The van der Waals surface area contributed by atoms with Gasteiger partial charge >= 0.3 is 0 Å². The highest BCUT2D eigenvalue weighted by Crippen LogP contribution is 2.42. The SMILES string of the molecule is O=c1c(O)cccc2cc(O[C@H]3C[C@@H](O)[C@H](O[C@H]4C[C@@H](O)[C@@H](O)[C@@H](CO)O4)[C@@H](CO)O3)c(O)c(O)c12. The Morgan fingerprint density at radius 3 is 2.25 bits per heavy atom. The van der Waals surface area contributed by atoms with Crippen molar-refractivity contribution in [2.24, 2.45) is 0 Å². The average molecular weight is 512 g/mol. The van der Waals surface area contributed by atoms with Crippen molar-refractivity contribution in [3.05, 3.63) is 34.5 Å². The first-order valence-electron chi connectivity index (χ1n) is 11.2. The third-order valence-corrected chi connectivity index (χ3v) is 6.23. The van der Waals surface area contributed by atoms with Crippen LogP contribution in [0.1, 0.15) is 12.8 Å². The van der Waals surface area contributed by atoms with Crippen molar-refractivity contribution in [2.45, 2.75) is 62.0 Å². The summed E-state index contributed by atoms with van der Waals surface area (Å²) in [5.41, 5.74) is -0.898. The van der Waals surface area contributed by atoms with Gasteiger partial charge in [0.05, 0.1) is 30.8 Å². The fraction of sp³-hybridized carbons (Fsp3) is 0.522. The van der Waals surface area contributed by atoms with Gasteiger partial charge in [-0.1, -0.05) is 12.1 Å². The maximum Gasteiger partial charge on any atom is 0.231 e. The summed E-state index contributed by atoms with van der Waals surface area (Å²) in [5.74, 6) is -2.51. The van der Waals surface area contributed by atoms with E-state index in [0.717, 1.165) is 6.07 Å². The predicted molar refractivity (Wildman–Crippen MR) is 119 cm³/mol. The van der Waals surface area contributed by atoms with E-state index in [2.05, 4.69) is 0 Å². The Morgan fingerprint density at radius 1 is 0.889 bits per heavy atom. The smallest absolute Gasteiger partial charge is 0.231 e. The number of aliphatic hydroxyl groups excluding tert-OH is 5. The first kappa shape index (κ1) is 26.3. The molecule has 4 rings (SSSR count). The second-order valence-corrected chi connectivity index (χ2v) is 8.66. The summed E-state index contributed by atoms with van der Waals surface area (Å²) < 4.78 is 22.4. The van der Waals surface area contributed by atoms with Crippen LogP contribution in [0.3, 0.4) is 0 Å². The van der Waals surface area contributed by atoms with Crippen molar-refractivity contribution < 1.29 is 59.8 Å². The molecule has 2 aliphatic rings. The van der Waals surface area contributed by atoms with Crippen LogP contribution in [-0.2, 0) is 14.2 Å². The second kappa shape index (κ2) is 10.7. The summed E-state index contributed by atoms with van der Waals surface area (Å²) in [4.78, 5) is 12.3. The minimum Gasteiger partial charge on any atom is -0.504 e. The van der Waals surface area contributed by atoms with E-state index >= 15 is 0 Å². The lowest BCUT2D eigenvalue weighted by Crippen LogP contribution is -2.56. The van der Waals surface area contributed by atoms with Crippen molar-refractivity contribution in [3.8, 4) is 23.0 Å². The summed E-state index contributed by atoms with van der Waals surface area (Å²) in [6.07, 6.45) is -9.92. The predicted octanol–water partition coefficient (Wildman–Crippen LogP) is -1.62. The first-order chi connectivity index (χ1) is 17.1. The van der Waals surface area contributed by atoms with Crippen LogP contribution >= 0.6 is 0 Å². The van der Waals surface area contributed by atoms with Crippen molar-refractivity contribution in [3.63, 3.8) is 0 Å². The van der Waals surface area contributed by atoms with Gasteiger partial charge in [-0.3, -0.25) is 4.79 Å². The van der Waals surface area contributed by atoms with Gasteiger partial charge in [-0.25, -0.2) is 0 Å². The largest absolute Gasteiger partial charge is 0.504 e. The number of ether oxygens (including phenoxy) is 4. The monoisotopic (exact) mass is 512 g/mol. The molecule has 0 bridgehead atoms. The highest BCUT2D eigenvalue weighted by molar-refractivity contribution is 5.92. The number of hydrogen-bond donors (Lipinski definition) is 8. The molecule has 2 fully saturated rings. The molecule has 2 aliphatic heterocycles. The number of rotatable bonds is 6. The van der Waals surface area contributed by atoms with Crippen LogP contribution in [0.25, 0.3) is 10.8 Å². The Labute approximate surface area is 203 Å². The van der Waals surface area contributed by atoms with Crippen LogP contribution in [0, 0.1) is 0 Å². The number of aromatic hydroxyl groups is 3. The Bertz CT molecular complexity index is 1140. The molecule has 0 aromatic heterocycles. The molecule has 0 amide bonds. The van der Waals surface area contributed by atoms with Gasteiger partial charge in [0.1, 0.15) is 24.4 Å². The molecule has 0 radical (unpaired) electrons. The third kappa shape index (κ3) is 5.05. The lowest BCUT2D eigenvalue weighted by atomic mass is 9.99. The van der Waals surface area contributed by atoms with Gasteiger partial charge in [0.15, 0.2) is 23.5 Å². The van der Waals surface area contributed by atoms with E-state index in [-0.39, 0.29) is 29.4 Å². The van der Waals surface area contributed by atoms with Gasteiger partial charge < -0.3 is 59.8 Å². The number of fused-ring (bicyclic) bond motifs is 1. The molecular weight excluding hydrogens is 484 g/mol. The molecule has 2 aromatic carbocycles. The van der Waals surface area contributed by atoms with Gasteiger partial charge in [0, 0.05) is 12.8 Å². The molecular formula is C23H28O13. The zero-order valence-electron chi connectivity index (χ0n) is 18.9. The van der Waals surface area contributed by atoms with E-state index in [1.807, 2.05) is 0 Å². The molecule has 2 heterocycles. The highest BCUT2D eigenvalue weighted by Gasteiger charge is 2.44. The van der Waals surface area contributed by atoms with E-state index in [9.17, 15) is 45.6 Å². The fourth-order valence-electron chi connectivity index (χ4n) is 4.34. The van der Waals surface area contributed by atoms with Gasteiger partial charge in [0.25, 0.3) is 0 Å². The van der Waals surface area contributed by atoms with E-state index < -0.39 is 85.1 Å². The molecule has 8 atom stereocenters. The van der Waals surface area contributed by atoms with Crippen molar-refractivity contribution >= 4 is 10.8 Å². The molecule has 0 spiro atoms. The molecule has 13 nitrogen and oxygen atoms in total. The molecule has 36 heavy (non-hydrogen) atoms. The maximum atomic E-state index is 12.3. The summed E-state index contributed by atoms with van der Waals surface area (Å²) in [6, 6.07) is 5.16. The number of phenolic OH excluding ortho intramolecular Hbond substituents is 2. The van der Waals surface area contributed by atoms with Crippen LogP contribution in [-0.4, -0.2) is 103 Å². The van der Waals surface area contributed by atoms with Crippen LogP contribution in [0.2, 0.25) is 0 Å². The quantitative estimate of drug-likeness (QED) is 0.204. The van der Waals surface area contributed by atoms with Crippen LogP contribution in [0.5, 0.6) is 23.0 Å². The zero-order chi connectivity index (χ0) is 26.1. The molecule has 8 N–H and O–H groups in total. The van der Waals surface area contributed by atoms with Crippen molar-refractivity contribution in [1.29, 1.82) is 0 Å². The number of phenols is 2. The third-order valence-electron chi connectivity index (χ3n) is 6.23. The highest BCUT2D eigenvalue weighted by atomic mass is 16.7. The van der Waals surface area contributed by atoms with Crippen molar-refractivity contribution in [1.82, 2.24) is 0 Å². The molecule has 0 saturated carbocycles. The lowest BCUT2D eigenvalue weighted by molar-refractivity contribution is -0.313. The van der Waals surface area contributed by atoms with Gasteiger partial charge in [-0.05, 0) is 17.5 Å². The van der Waals surface area contributed by atoms with E-state index in [0.29, 0.717) is 0 Å².